The fourth-order valence-electron chi connectivity index (χ4n) is 1.99. The van der Waals surface area contributed by atoms with E-state index in [1.807, 2.05) is 17.8 Å². The Kier molecular flexibility index (Phi) is 3.87. The Morgan fingerprint density at radius 2 is 2.31 bits per heavy atom. The SMILES string of the molecule is C=CCSC1CCCC(C)(C)C1N. The smallest absolute Gasteiger partial charge is 0.0211 e. The minimum Gasteiger partial charge on any atom is -0.326 e. The van der Waals surface area contributed by atoms with E-state index in [0.29, 0.717) is 16.7 Å². The van der Waals surface area contributed by atoms with Crippen molar-refractivity contribution in [1.29, 1.82) is 0 Å². The van der Waals surface area contributed by atoms with Crippen LogP contribution in [0.15, 0.2) is 12.7 Å². The summed E-state index contributed by atoms with van der Waals surface area (Å²) in [5.74, 6) is 1.04. The molecule has 0 amide bonds. The summed E-state index contributed by atoms with van der Waals surface area (Å²) in [5.41, 5.74) is 6.57. The normalized spacial score (nSPS) is 32.8. The molecule has 76 valence electrons. The zero-order valence-corrected chi connectivity index (χ0v) is 9.57. The number of hydrogen-bond acceptors (Lipinski definition) is 2. The summed E-state index contributed by atoms with van der Waals surface area (Å²) in [6.45, 7) is 8.32. The number of rotatable bonds is 3. The molecule has 2 atom stereocenters. The molecule has 1 aliphatic rings. The highest BCUT2D eigenvalue weighted by Gasteiger charge is 2.36. The molecule has 1 saturated carbocycles. The maximum absolute atomic E-state index is 6.24. The molecule has 1 fully saturated rings. The van der Waals surface area contributed by atoms with Gasteiger partial charge >= 0.3 is 0 Å². The first-order valence-corrected chi connectivity index (χ1v) is 6.11. The van der Waals surface area contributed by atoms with Crippen LogP contribution in [0, 0.1) is 5.41 Å². The second-order valence-corrected chi connectivity index (χ2v) is 5.84. The van der Waals surface area contributed by atoms with E-state index in [1.54, 1.807) is 0 Å². The van der Waals surface area contributed by atoms with Crippen molar-refractivity contribution >= 4 is 11.8 Å². The topological polar surface area (TPSA) is 26.0 Å². The van der Waals surface area contributed by atoms with Gasteiger partial charge in [-0.15, -0.1) is 6.58 Å². The summed E-state index contributed by atoms with van der Waals surface area (Å²) in [6, 6.07) is 0.353. The lowest BCUT2D eigenvalue weighted by atomic mass is 9.73. The Bertz CT molecular complexity index is 177. The van der Waals surface area contributed by atoms with Crippen molar-refractivity contribution in [2.45, 2.75) is 44.4 Å². The molecule has 0 spiro atoms. The first-order valence-electron chi connectivity index (χ1n) is 5.06. The van der Waals surface area contributed by atoms with E-state index < -0.39 is 0 Å². The molecule has 0 aromatic heterocycles. The fraction of sp³-hybridized carbons (Fsp3) is 0.818. The van der Waals surface area contributed by atoms with Crippen LogP contribution >= 0.6 is 11.8 Å². The summed E-state index contributed by atoms with van der Waals surface area (Å²) in [4.78, 5) is 0. The van der Waals surface area contributed by atoms with Gasteiger partial charge in [-0.05, 0) is 18.3 Å². The largest absolute Gasteiger partial charge is 0.326 e. The van der Waals surface area contributed by atoms with Gasteiger partial charge in [0.2, 0.25) is 0 Å². The van der Waals surface area contributed by atoms with Gasteiger partial charge in [0, 0.05) is 17.0 Å². The standard InChI is InChI=1S/C11H21NS/c1-4-8-13-9-6-5-7-11(2,3)10(9)12/h4,9-10H,1,5-8,12H2,2-3H3. The van der Waals surface area contributed by atoms with Crippen molar-refractivity contribution in [3.63, 3.8) is 0 Å². The Balaban J connectivity index is 2.50. The van der Waals surface area contributed by atoms with Crippen LogP contribution in [-0.2, 0) is 0 Å². The quantitative estimate of drug-likeness (QED) is 0.707. The van der Waals surface area contributed by atoms with E-state index >= 15 is 0 Å². The molecule has 0 aromatic rings. The average molecular weight is 199 g/mol. The third kappa shape index (κ3) is 2.75. The van der Waals surface area contributed by atoms with Gasteiger partial charge in [0.25, 0.3) is 0 Å². The molecule has 0 heterocycles. The molecule has 13 heavy (non-hydrogen) atoms. The van der Waals surface area contributed by atoms with Gasteiger partial charge in [-0.2, -0.15) is 11.8 Å². The zero-order chi connectivity index (χ0) is 9.90. The van der Waals surface area contributed by atoms with E-state index in [0.717, 1.165) is 5.75 Å². The van der Waals surface area contributed by atoms with Gasteiger partial charge in [-0.1, -0.05) is 26.3 Å². The van der Waals surface area contributed by atoms with Gasteiger partial charge in [0.15, 0.2) is 0 Å². The van der Waals surface area contributed by atoms with E-state index in [9.17, 15) is 0 Å². The summed E-state index contributed by atoms with van der Waals surface area (Å²) < 4.78 is 0. The lowest BCUT2D eigenvalue weighted by Crippen LogP contribution is -2.48. The predicted octanol–water partition coefficient (Wildman–Crippen LogP) is 2.81. The van der Waals surface area contributed by atoms with Crippen LogP contribution in [0.2, 0.25) is 0 Å². The molecule has 0 aromatic carbocycles. The average Bonchev–Trinajstić information content (AvgIpc) is 2.08. The minimum atomic E-state index is 0.330. The van der Waals surface area contributed by atoms with Crippen LogP contribution < -0.4 is 5.73 Å². The van der Waals surface area contributed by atoms with Gasteiger partial charge in [0.1, 0.15) is 0 Å². The molecular weight excluding hydrogens is 178 g/mol. The van der Waals surface area contributed by atoms with Crippen molar-refractivity contribution in [2.75, 3.05) is 5.75 Å². The van der Waals surface area contributed by atoms with Crippen LogP contribution in [0.25, 0.3) is 0 Å². The van der Waals surface area contributed by atoms with Crippen molar-refractivity contribution < 1.29 is 0 Å². The molecule has 1 rings (SSSR count). The molecule has 2 unspecified atom stereocenters. The van der Waals surface area contributed by atoms with Gasteiger partial charge < -0.3 is 5.73 Å². The van der Waals surface area contributed by atoms with Gasteiger partial charge in [0.05, 0.1) is 0 Å². The Hall–Kier alpha value is 0.0500. The molecular formula is C11H21NS. The van der Waals surface area contributed by atoms with Crippen LogP contribution in [-0.4, -0.2) is 17.0 Å². The van der Waals surface area contributed by atoms with E-state index in [1.165, 1.54) is 19.3 Å². The molecule has 1 aliphatic carbocycles. The van der Waals surface area contributed by atoms with Gasteiger partial charge in [-0.3, -0.25) is 0 Å². The molecule has 1 nitrogen and oxygen atoms in total. The van der Waals surface area contributed by atoms with Gasteiger partial charge in [-0.25, -0.2) is 0 Å². The first kappa shape index (κ1) is 11.1. The highest BCUT2D eigenvalue weighted by atomic mass is 32.2. The summed E-state index contributed by atoms with van der Waals surface area (Å²) in [7, 11) is 0. The molecule has 2 N–H and O–H groups in total. The summed E-state index contributed by atoms with van der Waals surface area (Å²) in [5, 5.41) is 0.641. The van der Waals surface area contributed by atoms with Crippen LogP contribution in [0.3, 0.4) is 0 Å². The van der Waals surface area contributed by atoms with Crippen LogP contribution in [0.1, 0.15) is 33.1 Å². The Morgan fingerprint density at radius 3 is 2.92 bits per heavy atom. The first-order chi connectivity index (χ1) is 6.08. The predicted molar refractivity (Wildman–Crippen MR) is 62.1 cm³/mol. The van der Waals surface area contributed by atoms with Crippen molar-refractivity contribution in [3.8, 4) is 0 Å². The zero-order valence-electron chi connectivity index (χ0n) is 8.75. The lowest BCUT2D eigenvalue weighted by Gasteiger charge is -2.41. The monoisotopic (exact) mass is 199 g/mol. The lowest BCUT2D eigenvalue weighted by molar-refractivity contribution is 0.209. The number of thioether (sulfide) groups is 1. The summed E-state index contributed by atoms with van der Waals surface area (Å²) >= 11 is 1.96. The molecule has 2 heteroatoms. The van der Waals surface area contributed by atoms with E-state index in [4.69, 9.17) is 5.73 Å². The third-order valence-corrected chi connectivity index (χ3v) is 4.43. The maximum Gasteiger partial charge on any atom is 0.0211 e. The summed E-state index contributed by atoms with van der Waals surface area (Å²) in [6.07, 6.45) is 5.86. The van der Waals surface area contributed by atoms with Crippen molar-refractivity contribution in [3.05, 3.63) is 12.7 Å². The fourth-order valence-corrected chi connectivity index (χ4v) is 3.28. The molecule has 0 aliphatic heterocycles. The highest BCUT2D eigenvalue weighted by Crippen LogP contribution is 2.39. The maximum atomic E-state index is 6.24. The second-order valence-electron chi connectivity index (χ2n) is 4.57. The molecule has 0 saturated heterocycles. The van der Waals surface area contributed by atoms with Crippen molar-refractivity contribution in [1.82, 2.24) is 0 Å². The highest BCUT2D eigenvalue weighted by molar-refractivity contribution is 8.00. The van der Waals surface area contributed by atoms with Crippen LogP contribution in [0.5, 0.6) is 0 Å². The Labute approximate surface area is 86.2 Å². The minimum absolute atomic E-state index is 0.330. The third-order valence-electron chi connectivity index (χ3n) is 3.04. The van der Waals surface area contributed by atoms with E-state index in [2.05, 4.69) is 20.4 Å². The second kappa shape index (κ2) is 4.52. The van der Waals surface area contributed by atoms with Crippen molar-refractivity contribution in [2.24, 2.45) is 11.1 Å². The van der Waals surface area contributed by atoms with E-state index in [-0.39, 0.29) is 0 Å². The molecule has 0 radical (unpaired) electrons. The molecule has 0 bridgehead atoms. The Morgan fingerprint density at radius 1 is 1.62 bits per heavy atom. The number of nitrogens with two attached hydrogens (primary N) is 1. The number of hydrogen-bond donors (Lipinski definition) is 1. The van der Waals surface area contributed by atoms with Crippen LogP contribution in [0.4, 0.5) is 0 Å².